The molecule has 0 atom stereocenters. The van der Waals surface area contributed by atoms with Crippen LogP contribution in [0.4, 0.5) is 0 Å². The molecule has 5 heavy (non-hydrogen) atoms. The fourth-order valence-corrected chi connectivity index (χ4v) is 0. The van der Waals surface area contributed by atoms with Crippen molar-refractivity contribution in [1.82, 2.24) is 0 Å². The van der Waals surface area contributed by atoms with Gasteiger partial charge in [-0.2, -0.15) is 0 Å². The van der Waals surface area contributed by atoms with Gasteiger partial charge in [0.2, 0.25) is 0 Å². The predicted octanol–water partition coefficient (Wildman–Crippen LogP) is -1.95. The van der Waals surface area contributed by atoms with E-state index in [1.54, 1.807) is 0 Å². The van der Waals surface area contributed by atoms with Crippen molar-refractivity contribution in [2.45, 2.75) is 0 Å². The van der Waals surface area contributed by atoms with Gasteiger partial charge >= 0.3 is 45.5 Å². The number of hydrogen-bond acceptors (Lipinski definition) is 2. The van der Waals surface area contributed by atoms with Crippen molar-refractivity contribution in [2.24, 2.45) is 0 Å². The molecule has 0 spiro atoms. The van der Waals surface area contributed by atoms with E-state index in [-0.39, 0.29) is 58.7 Å². The molecular formula is C2H8O2Sr. The first kappa shape index (κ1) is 9.64. The summed E-state index contributed by atoms with van der Waals surface area (Å²) in [5.74, 6) is 0. The molecule has 2 nitrogen and oxygen atoms in total. The average Bonchev–Trinajstić information content (AvgIpc) is 1.37. The standard InChI is InChI=1S/C2H6O2.Sr.2H/c3-1-2-4;;;/h3-4H,1-2H2;;;. The van der Waals surface area contributed by atoms with Crippen LogP contribution in [0.5, 0.6) is 0 Å². The summed E-state index contributed by atoms with van der Waals surface area (Å²) in [7, 11) is 0. The van der Waals surface area contributed by atoms with Gasteiger partial charge in [-0.3, -0.25) is 0 Å². The molecule has 0 unspecified atom stereocenters. The molecule has 0 aromatic heterocycles. The molecule has 0 aliphatic heterocycles. The van der Waals surface area contributed by atoms with E-state index in [4.69, 9.17) is 10.2 Å². The Labute approximate surface area is 68.1 Å². The zero-order chi connectivity index (χ0) is 3.41. The summed E-state index contributed by atoms with van der Waals surface area (Å²) in [4.78, 5) is 0. The van der Waals surface area contributed by atoms with E-state index in [9.17, 15) is 0 Å². The van der Waals surface area contributed by atoms with Gasteiger partial charge in [-0.1, -0.05) is 0 Å². The molecule has 0 saturated heterocycles. The van der Waals surface area contributed by atoms with Crippen LogP contribution in [-0.4, -0.2) is 68.9 Å². The number of aliphatic hydroxyl groups excluding tert-OH is 2. The van der Waals surface area contributed by atoms with Gasteiger partial charge in [-0.05, 0) is 0 Å². The van der Waals surface area contributed by atoms with Crippen molar-refractivity contribution in [1.29, 1.82) is 0 Å². The second-order valence-electron chi connectivity index (χ2n) is 0.447. The van der Waals surface area contributed by atoms with Crippen molar-refractivity contribution in [2.75, 3.05) is 13.2 Å². The second kappa shape index (κ2) is 9.04. The number of hydrogen-bond donors (Lipinski definition) is 2. The van der Waals surface area contributed by atoms with Gasteiger partial charge in [-0.25, -0.2) is 0 Å². The van der Waals surface area contributed by atoms with Gasteiger partial charge < -0.3 is 10.2 Å². The molecule has 0 rings (SSSR count). The van der Waals surface area contributed by atoms with Crippen LogP contribution in [0.1, 0.15) is 0 Å². The average molecular weight is 152 g/mol. The van der Waals surface area contributed by atoms with Gasteiger partial charge in [0.05, 0.1) is 13.2 Å². The van der Waals surface area contributed by atoms with E-state index >= 15 is 0 Å². The molecule has 0 aromatic rings. The van der Waals surface area contributed by atoms with Gasteiger partial charge in [0.15, 0.2) is 0 Å². The van der Waals surface area contributed by atoms with E-state index in [1.807, 2.05) is 0 Å². The molecule has 0 aliphatic rings. The topological polar surface area (TPSA) is 40.5 Å². The van der Waals surface area contributed by atoms with Crippen LogP contribution in [0, 0.1) is 0 Å². The second-order valence-corrected chi connectivity index (χ2v) is 0.447. The SMILES string of the molecule is OCCO.[SrH2]. The molecule has 0 radical (unpaired) electrons. The van der Waals surface area contributed by atoms with Crippen molar-refractivity contribution in [3.63, 3.8) is 0 Å². The predicted molar refractivity (Wildman–Crippen MR) is 22.7 cm³/mol. The fourth-order valence-electron chi connectivity index (χ4n) is 0. The Bertz CT molecular complexity index is 9.61. The summed E-state index contributed by atoms with van der Waals surface area (Å²) in [5, 5.41) is 15.2. The molecule has 0 fully saturated rings. The first-order valence-corrected chi connectivity index (χ1v) is 1.13. The first-order chi connectivity index (χ1) is 1.91. The van der Waals surface area contributed by atoms with Crippen molar-refractivity contribution < 1.29 is 10.2 Å². The normalized spacial score (nSPS) is 6.00. The maximum atomic E-state index is 7.62. The van der Waals surface area contributed by atoms with Crippen LogP contribution in [0.3, 0.4) is 0 Å². The monoisotopic (exact) mass is 152 g/mol. The van der Waals surface area contributed by atoms with Gasteiger partial charge in [0.25, 0.3) is 0 Å². The Hall–Kier alpha value is 1.40. The summed E-state index contributed by atoms with van der Waals surface area (Å²) in [6, 6.07) is 0. The van der Waals surface area contributed by atoms with E-state index < -0.39 is 0 Å². The molecule has 0 aromatic carbocycles. The van der Waals surface area contributed by atoms with E-state index in [1.165, 1.54) is 0 Å². The quantitative estimate of drug-likeness (QED) is 0.428. The van der Waals surface area contributed by atoms with Gasteiger partial charge in [-0.15, -0.1) is 0 Å². The summed E-state index contributed by atoms with van der Waals surface area (Å²) in [6.45, 7) is -0.250. The molecular weight excluding hydrogens is 144 g/mol. The third-order valence-corrected chi connectivity index (χ3v) is 0.1000. The van der Waals surface area contributed by atoms with Gasteiger partial charge in [0.1, 0.15) is 0 Å². The molecule has 0 amide bonds. The molecule has 0 heterocycles. The van der Waals surface area contributed by atoms with E-state index in [0.717, 1.165) is 0 Å². The van der Waals surface area contributed by atoms with Crippen LogP contribution < -0.4 is 0 Å². The molecule has 3 heteroatoms. The summed E-state index contributed by atoms with van der Waals surface area (Å²) < 4.78 is 0. The molecule has 0 bridgehead atoms. The van der Waals surface area contributed by atoms with Gasteiger partial charge in [0, 0.05) is 0 Å². The summed E-state index contributed by atoms with van der Waals surface area (Å²) >= 11 is 0. The Morgan fingerprint density at radius 2 is 1.20 bits per heavy atom. The number of aliphatic hydroxyl groups is 2. The number of rotatable bonds is 1. The third kappa shape index (κ3) is 10.8. The van der Waals surface area contributed by atoms with Crippen LogP contribution >= 0.6 is 0 Å². The molecule has 0 saturated carbocycles. The van der Waals surface area contributed by atoms with Crippen molar-refractivity contribution in [3.8, 4) is 0 Å². The van der Waals surface area contributed by atoms with Crippen molar-refractivity contribution in [3.05, 3.63) is 0 Å². The van der Waals surface area contributed by atoms with Crippen LogP contribution in [0.15, 0.2) is 0 Å². The Kier molecular flexibility index (Phi) is 17.4. The van der Waals surface area contributed by atoms with E-state index in [2.05, 4.69) is 0 Å². The van der Waals surface area contributed by atoms with Crippen LogP contribution in [-0.2, 0) is 0 Å². The molecule has 0 aliphatic carbocycles. The minimum atomic E-state index is -0.125. The fraction of sp³-hybridized carbons (Fsp3) is 1.00. The minimum absolute atomic E-state index is 0. The van der Waals surface area contributed by atoms with Crippen molar-refractivity contribution >= 4 is 45.5 Å². The van der Waals surface area contributed by atoms with Crippen LogP contribution in [0.2, 0.25) is 0 Å². The molecule has 30 valence electrons. The first-order valence-electron chi connectivity index (χ1n) is 1.13. The van der Waals surface area contributed by atoms with Crippen LogP contribution in [0.25, 0.3) is 0 Å². The zero-order valence-corrected chi connectivity index (χ0v) is 2.31. The van der Waals surface area contributed by atoms with E-state index in [0.29, 0.717) is 0 Å². The third-order valence-electron chi connectivity index (χ3n) is 0.1000. The maximum absolute atomic E-state index is 7.62. The Balaban J connectivity index is 0. The molecule has 2 N–H and O–H groups in total. The zero-order valence-electron chi connectivity index (χ0n) is 2.31. The Morgan fingerprint density at radius 3 is 1.20 bits per heavy atom. The Morgan fingerprint density at radius 1 is 1.00 bits per heavy atom. The summed E-state index contributed by atoms with van der Waals surface area (Å²) in [6.07, 6.45) is 0. The summed E-state index contributed by atoms with van der Waals surface area (Å²) in [5.41, 5.74) is 0.